The van der Waals surface area contributed by atoms with Crippen molar-refractivity contribution in [1.29, 1.82) is 0 Å². The molecule has 1 saturated carbocycles. The molecular formula is C15H16FNO. The van der Waals surface area contributed by atoms with Crippen molar-refractivity contribution in [3.05, 3.63) is 35.8 Å². The summed E-state index contributed by atoms with van der Waals surface area (Å²) in [4.78, 5) is 15.1. The zero-order chi connectivity index (χ0) is 12.7. The van der Waals surface area contributed by atoms with Gasteiger partial charge in [-0.15, -0.1) is 0 Å². The van der Waals surface area contributed by atoms with E-state index in [1.807, 2.05) is 6.20 Å². The molecule has 2 nitrogen and oxygen atoms in total. The molecule has 18 heavy (non-hydrogen) atoms. The van der Waals surface area contributed by atoms with Crippen LogP contribution in [0.25, 0.3) is 10.9 Å². The number of aromatic amines is 1. The van der Waals surface area contributed by atoms with Gasteiger partial charge in [0.15, 0.2) is 0 Å². The fourth-order valence-corrected chi connectivity index (χ4v) is 2.80. The van der Waals surface area contributed by atoms with Gasteiger partial charge in [0.1, 0.15) is 11.6 Å². The van der Waals surface area contributed by atoms with Crippen LogP contribution in [-0.4, -0.2) is 10.8 Å². The first-order chi connectivity index (χ1) is 8.63. The topological polar surface area (TPSA) is 32.9 Å². The number of carbonyl (C=O) groups is 1. The Morgan fingerprint density at radius 1 is 1.44 bits per heavy atom. The average molecular weight is 245 g/mol. The van der Waals surface area contributed by atoms with Gasteiger partial charge in [0.25, 0.3) is 0 Å². The Morgan fingerprint density at radius 2 is 2.22 bits per heavy atom. The second-order valence-corrected chi connectivity index (χ2v) is 5.42. The number of aromatic nitrogens is 1. The number of benzene rings is 1. The summed E-state index contributed by atoms with van der Waals surface area (Å²) in [5.74, 6) is 0.995. The molecule has 2 aromatic rings. The van der Waals surface area contributed by atoms with Crippen molar-refractivity contribution < 1.29 is 9.18 Å². The first kappa shape index (κ1) is 11.5. The molecule has 1 fully saturated rings. The number of carbonyl (C=O) groups excluding carboxylic acids is 1. The van der Waals surface area contributed by atoms with Crippen molar-refractivity contribution in [3.8, 4) is 0 Å². The molecule has 1 heterocycles. The number of Topliss-reactive ketones (excluding diaryl/α,β-unsaturated/α-hetero) is 1. The van der Waals surface area contributed by atoms with Gasteiger partial charge in [-0.25, -0.2) is 4.39 Å². The fraction of sp³-hybridized carbons (Fsp3) is 0.400. The van der Waals surface area contributed by atoms with E-state index in [4.69, 9.17) is 0 Å². The van der Waals surface area contributed by atoms with Crippen LogP contribution in [0, 0.1) is 17.7 Å². The zero-order valence-electron chi connectivity index (χ0n) is 10.4. The largest absolute Gasteiger partial charge is 0.361 e. The molecule has 0 spiro atoms. The van der Waals surface area contributed by atoms with Crippen LogP contribution in [0.15, 0.2) is 24.4 Å². The lowest BCUT2D eigenvalue weighted by Crippen LogP contribution is -2.29. The Morgan fingerprint density at radius 3 is 2.94 bits per heavy atom. The SMILES string of the molecule is CC1CC(C(=O)Cc2c[nH]c3cc(F)ccc23)C1. The summed E-state index contributed by atoms with van der Waals surface area (Å²) < 4.78 is 13.1. The van der Waals surface area contributed by atoms with Crippen molar-refractivity contribution in [2.75, 3.05) is 0 Å². The van der Waals surface area contributed by atoms with Gasteiger partial charge in [0.05, 0.1) is 0 Å². The number of ketones is 1. The first-order valence-electron chi connectivity index (χ1n) is 6.41. The quantitative estimate of drug-likeness (QED) is 0.882. The van der Waals surface area contributed by atoms with Crippen molar-refractivity contribution in [1.82, 2.24) is 4.98 Å². The third-order valence-electron chi connectivity index (χ3n) is 3.92. The van der Waals surface area contributed by atoms with Gasteiger partial charge in [0, 0.05) is 29.4 Å². The van der Waals surface area contributed by atoms with Crippen LogP contribution in [0.1, 0.15) is 25.3 Å². The van der Waals surface area contributed by atoms with Gasteiger partial charge < -0.3 is 4.98 Å². The molecule has 94 valence electrons. The highest BCUT2D eigenvalue weighted by atomic mass is 19.1. The number of rotatable bonds is 3. The number of hydrogen-bond acceptors (Lipinski definition) is 1. The van der Waals surface area contributed by atoms with Gasteiger partial charge in [-0.1, -0.05) is 6.92 Å². The van der Waals surface area contributed by atoms with Crippen molar-refractivity contribution >= 4 is 16.7 Å². The Hall–Kier alpha value is -1.64. The van der Waals surface area contributed by atoms with Gasteiger partial charge in [-0.2, -0.15) is 0 Å². The molecule has 1 aromatic carbocycles. The van der Waals surface area contributed by atoms with E-state index in [1.165, 1.54) is 12.1 Å². The van der Waals surface area contributed by atoms with E-state index in [0.717, 1.165) is 29.3 Å². The molecule has 3 rings (SSSR count). The minimum Gasteiger partial charge on any atom is -0.361 e. The van der Waals surface area contributed by atoms with Crippen LogP contribution in [0.4, 0.5) is 4.39 Å². The van der Waals surface area contributed by atoms with E-state index in [-0.39, 0.29) is 11.7 Å². The second-order valence-electron chi connectivity index (χ2n) is 5.42. The number of halogens is 1. The molecule has 3 heteroatoms. The number of hydrogen-bond donors (Lipinski definition) is 1. The van der Waals surface area contributed by atoms with Crippen LogP contribution < -0.4 is 0 Å². The third-order valence-corrected chi connectivity index (χ3v) is 3.92. The van der Waals surface area contributed by atoms with Crippen LogP contribution >= 0.6 is 0 Å². The normalized spacial score (nSPS) is 23.0. The molecule has 0 aliphatic heterocycles. The minimum atomic E-state index is -0.255. The summed E-state index contributed by atoms with van der Waals surface area (Å²) in [6.45, 7) is 2.18. The zero-order valence-corrected chi connectivity index (χ0v) is 10.4. The molecular weight excluding hydrogens is 229 g/mol. The van der Waals surface area contributed by atoms with Gasteiger partial charge >= 0.3 is 0 Å². The highest BCUT2D eigenvalue weighted by molar-refractivity contribution is 5.91. The maximum atomic E-state index is 13.1. The van der Waals surface area contributed by atoms with Crippen molar-refractivity contribution in [3.63, 3.8) is 0 Å². The van der Waals surface area contributed by atoms with Crippen LogP contribution in [0.2, 0.25) is 0 Å². The summed E-state index contributed by atoms with van der Waals surface area (Å²) in [6, 6.07) is 4.65. The fourth-order valence-electron chi connectivity index (χ4n) is 2.80. The Bertz CT molecular complexity index is 596. The molecule has 0 amide bonds. The molecule has 0 unspecified atom stereocenters. The second kappa shape index (κ2) is 4.23. The van der Waals surface area contributed by atoms with Crippen LogP contribution in [0.5, 0.6) is 0 Å². The highest BCUT2D eigenvalue weighted by Gasteiger charge is 2.31. The lowest BCUT2D eigenvalue weighted by Gasteiger charge is -2.31. The molecule has 0 atom stereocenters. The summed E-state index contributed by atoms with van der Waals surface area (Å²) in [5, 5.41) is 0.956. The monoisotopic (exact) mass is 245 g/mol. The number of nitrogens with one attached hydrogen (secondary N) is 1. The summed E-state index contributed by atoms with van der Waals surface area (Å²) in [7, 11) is 0. The molecule has 1 aliphatic carbocycles. The predicted molar refractivity (Wildman–Crippen MR) is 68.9 cm³/mol. The highest BCUT2D eigenvalue weighted by Crippen LogP contribution is 2.34. The lowest BCUT2D eigenvalue weighted by atomic mass is 9.73. The van der Waals surface area contributed by atoms with Crippen molar-refractivity contribution in [2.24, 2.45) is 11.8 Å². The van der Waals surface area contributed by atoms with Crippen molar-refractivity contribution in [2.45, 2.75) is 26.2 Å². The van der Waals surface area contributed by atoms with Crippen LogP contribution in [-0.2, 0) is 11.2 Å². The van der Waals surface area contributed by atoms with Crippen LogP contribution in [0.3, 0.4) is 0 Å². The van der Waals surface area contributed by atoms with E-state index in [1.54, 1.807) is 6.07 Å². The first-order valence-corrected chi connectivity index (χ1v) is 6.41. The predicted octanol–water partition coefficient (Wildman–Crippen LogP) is 3.46. The minimum absolute atomic E-state index is 0.241. The van der Waals surface area contributed by atoms with Gasteiger partial charge in [-0.3, -0.25) is 4.79 Å². The molecule has 1 aromatic heterocycles. The van der Waals surface area contributed by atoms with Gasteiger partial charge in [0.2, 0.25) is 0 Å². The third kappa shape index (κ3) is 1.94. The molecule has 1 N–H and O–H groups in total. The molecule has 0 radical (unpaired) electrons. The molecule has 1 aliphatic rings. The molecule has 0 bridgehead atoms. The van der Waals surface area contributed by atoms with Gasteiger partial charge in [-0.05, 0) is 42.5 Å². The van der Waals surface area contributed by atoms with E-state index in [2.05, 4.69) is 11.9 Å². The summed E-state index contributed by atoms with van der Waals surface area (Å²) in [5.41, 5.74) is 1.74. The standard InChI is InChI=1S/C15H16FNO/c1-9-4-10(5-9)15(18)6-11-8-17-14-7-12(16)2-3-13(11)14/h2-3,7-10,17H,4-6H2,1H3. The van der Waals surface area contributed by atoms with E-state index in [0.29, 0.717) is 18.1 Å². The van der Waals surface area contributed by atoms with E-state index >= 15 is 0 Å². The number of H-pyrrole nitrogens is 1. The Labute approximate surface area is 105 Å². The maximum Gasteiger partial charge on any atom is 0.140 e. The van der Waals surface area contributed by atoms with E-state index in [9.17, 15) is 9.18 Å². The maximum absolute atomic E-state index is 13.1. The number of fused-ring (bicyclic) bond motifs is 1. The average Bonchev–Trinajstić information content (AvgIpc) is 2.67. The smallest absolute Gasteiger partial charge is 0.140 e. The van der Waals surface area contributed by atoms with E-state index < -0.39 is 0 Å². The molecule has 0 saturated heterocycles. The Balaban J connectivity index is 1.80. The summed E-state index contributed by atoms with van der Waals surface area (Å²) >= 11 is 0. The summed E-state index contributed by atoms with van der Waals surface area (Å²) in [6.07, 6.45) is 4.33. The lowest BCUT2D eigenvalue weighted by molar-refractivity contribution is -0.125. The Kier molecular flexibility index (Phi) is 2.69.